The minimum Gasteiger partial charge on any atom is -0.409 e. The third-order valence-electron chi connectivity index (χ3n) is 6.21. The molecule has 5 nitrogen and oxygen atoms in total. The lowest BCUT2D eigenvalue weighted by molar-refractivity contribution is -0.139. The van der Waals surface area contributed by atoms with Crippen LogP contribution in [-0.4, -0.2) is 34.9 Å². The van der Waals surface area contributed by atoms with Gasteiger partial charge in [0.05, 0.1) is 6.04 Å². The summed E-state index contributed by atoms with van der Waals surface area (Å²) < 4.78 is 0. The predicted molar refractivity (Wildman–Crippen MR) is 80.9 cm³/mol. The quantitative estimate of drug-likeness (QED) is 0.361. The number of hydrogen-bond donors (Lipinski definition) is 2. The highest BCUT2D eigenvalue weighted by Gasteiger charge is 2.51. The Morgan fingerprint density at radius 3 is 2.19 bits per heavy atom. The molecule has 0 aliphatic heterocycles. The maximum absolute atomic E-state index is 12.6. The van der Waals surface area contributed by atoms with Crippen LogP contribution in [0.3, 0.4) is 0 Å². The summed E-state index contributed by atoms with van der Waals surface area (Å²) in [5, 5.41) is 11.8. The molecule has 3 N–H and O–H groups in total. The molecule has 1 unspecified atom stereocenters. The van der Waals surface area contributed by atoms with Gasteiger partial charge in [-0.1, -0.05) is 5.16 Å². The molecule has 0 aromatic heterocycles. The molecule has 118 valence electrons. The first-order valence-corrected chi connectivity index (χ1v) is 8.15. The Morgan fingerprint density at radius 2 is 1.76 bits per heavy atom. The number of likely N-dealkylation sites (N-methyl/N-ethyl adjacent to an activating group) is 1. The second-order valence-corrected chi connectivity index (χ2v) is 7.80. The van der Waals surface area contributed by atoms with Crippen LogP contribution in [0.1, 0.15) is 51.9 Å². The Hall–Kier alpha value is -1.26. The minimum atomic E-state index is -0.351. The van der Waals surface area contributed by atoms with Crippen molar-refractivity contribution in [1.29, 1.82) is 0 Å². The zero-order valence-corrected chi connectivity index (χ0v) is 13.1. The van der Waals surface area contributed by atoms with E-state index in [-0.39, 0.29) is 23.2 Å². The number of carbonyl (C=O) groups is 1. The summed E-state index contributed by atoms with van der Waals surface area (Å²) >= 11 is 0. The molecule has 0 heterocycles. The van der Waals surface area contributed by atoms with Crippen LogP contribution in [0.15, 0.2) is 5.16 Å². The van der Waals surface area contributed by atoms with Crippen molar-refractivity contribution >= 4 is 11.7 Å². The van der Waals surface area contributed by atoms with Crippen molar-refractivity contribution in [3.63, 3.8) is 0 Å². The van der Waals surface area contributed by atoms with Gasteiger partial charge in [-0.05, 0) is 68.6 Å². The van der Waals surface area contributed by atoms with Gasteiger partial charge in [-0.2, -0.15) is 0 Å². The highest BCUT2D eigenvalue weighted by atomic mass is 16.4. The molecule has 21 heavy (non-hydrogen) atoms. The lowest BCUT2D eigenvalue weighted by atomic mass is 9.49. The number of oxime groups is 1. The average molecular weight is 293 g/mol. The molecule has 0 saturated heterocycles. The van der Waals surface area contributed by atoms with Gasteiger partial charge < -0.3 is 15.8 Å². The maximum atomic E-state index is 12.6. The molecule has 4 saturated carbocycles. The van der Waals surface area contributed by atoms with Crippen molar-refractivity contribution < 1.29 is 10.0 Å². The van der Waals surface area contributed by atoms with Crippen LogP contribution in [-0.2, 0) is 4.79 Å². The number of rotatable bonds is 4. The fourth-order valence-corrected chi connectivity index (χ4v) is 5.45. The second-order valence-electron chi connectivity index (χ2n) is 7.80. The Labute approximate surface area is 126 Å². The molecular formula is C16H27N3O2. The molecule has 4 rings (SSSR count). The summed E-state index contributed by atoms with van der Waals surface area (Å²) in [4.78, 5) is 14.3. The van der Waals surface area contributed by atoms with Gasteiger partial charge in [-0.25, -0.2) is 0 Å². The highest BCUT2D eigenvalue weighted by Crippen LogP contribution is 2.61. The molecule has 0 aromatic rings. The summed E-state index contributed by atoms with van der Waals surface area (Å²) in [5.74, 6) is 2.80. The van der Waals surface area contributed by atoms with Gasteiger partial charge >= 0.3 is 0 Å². The fraction of sp³-hybridized carbons (Fsp3) is 0.875. The topological polar surface area (TPSA) is 78.9 Å². The van der Waals surface area contributed by atoms with Crippen molar-refractivity contribution in [2.24, 2.45) is 34.1 Å². The molecule has 4 aliphatic rings. The van der Waals surface area contributed by atoms with Crippen LogP contribution >= 0.6 is 0 Å². The first-order valence-electron chi connectivity index (χ1n) is 8.15. The van der Waals surface area contributed by atoms with Gasteiger partial charge in [0.15, 0.2) is 5.84 Å². The molecule has 5 heteroatoms. The van der Waals surface area contributed by atoms with E-state index in [1.807, 2.05) is 0 Å². The lowest BCUT2D eigenvalue weighted by Crippen LogP contribution is -2.50. The average Bonchev–Trinajstić information content (AvgIpc) is 2.42. The van der Waals surface area contributed by atoms with E-state index in [9.17, 15) is 4.79 Å². The van der Waals surface area contributed by atoms with E-state index in [4.69, 9.17) is 10.9 Å². The van der Waals surface area contributed by atoms with E-state index >= 15 is 0 Å². The number of nitrogens with zero attached hydrogens (tertiary/aromatic N) is 2. The third kappa shape index (κ3) is 2.62. The van der Waals surface area contributed by atoms with Crippen molar-refractivity contribution in [2.45, 2.75) is 57.9 Å². The zero-order chi connectivity index (χ0) is 15.2. The Morgan fingerprint density at radius 1 is 1.29 bits per heavy atom. The van der Waals surface area contributed by atoms with Crippen LogP contribution in [0, 0.1) is 23.2 Å². The molecule has 0 spiro atoms. The molecule has 0 radical (unpaired) electrons. The van der Waals surface area contributed by atoms with E-state index < -0.39 is 0 Å². The van der Waals surface area contributed by atoms with Gasteiger partial charge in [-0.15, -0.1) is 0 Å². The number of carbonyl (C=O) groups excluding carboxylic acids is 1. The van der Waals surface area contributed by atoms with Gasteiger partial charge in [0.2, 0.25) is 5.91 Å². The zero-order valence-electron chi connectivity index (χ0n) is 13.1. The van der Waals surface area contributed by atoms with Crippen LogP contribution in [0.2, 0.25) is 0 Å². The SMILES string of the molecule is CC(C(N)=NO)N(C)C(=O)CC12CC3CC(CC(C3)C1)C2. The third-order valence-corrected chi connectivity index (χ3v) is 6.21. The maximum Gasteiger partial charge on any atom is 0.223 e. The summed E-state index contributed by atoms with van der Waals surface area (Å²) in [7, 11) is 1.76. The normalized spacial score (nSPS) is 39.3. The van der Waals surface area contributed by atoms with Gasteiger partial charge in [0.1, 0.15) is 0 Å². The van der Waals surface area contributed by atoms with E-state index in [0.717, 1.165) is 17.8 Å². The first-order chi connectivity index (χ1) is 9.92. The Kier molecular flexibility index (Phi) is 3.62. The monoisotopic (exact) mass is 293 g/mol. The highest BCUT2D eigenvalue weighted by molar-refractivity contribution is 5.89. The van der Waals surface area contributed by atoms with Crippen LogP contribution in [0.25, 0.3) is 0 Å². The summed E-state index contributed by atoms with van der Waals surface area (Å²) in [6.45, 7) is 1.80. The number of hydrogen-bond acceptors (Lipinski definition) is 3. The van der Waals surface area contributed by atoms with Crippen molar-refractivity contribution in [2.75, 3.05) is 7.05 Å². The largest absolute Gasteiger partial charge is 0.409 e. The van der Waals surface area contributed by atoms with Crippen molar-refractivity contribution in [1.82, 2.24) is 4.90 Å². The molecule has 4 fully saturated rings. The number of amidine groups is 1. The standard InChI is InChI=1S/C16H27N3O2/c1-10(15(17)18-21)19(2)14(20)9-16-6-11-3-12(7-16)5-13(4-11)8-16/h10-13,21H,3-9H2,1-2H3,(H2,17,18). The molecule has 4 bridgehead atoms. The summed E-state index contributed by atoms with van der Waals surface area (Å²) in [6, 6.07) is -0.351. The van der Waals surface area contributed by atoms with E-state index in [1.54, 1.807) is 18.9 Å². The van der Waals surface area contributed by atoms with Gasteiger partial charge in [0.25, 0.3) is 0 Å². The van der Waals surface area contributed by atoms with E-state index in [2.05, 4.69) is 5.16 Å². The molecule has 1 amide bonds. The van der Waals surface area contributed by atoms with Crippen molar-refractivity contribution in [3.8, 4) is 0 Å². The number of amides is 1. The molecule has 4 aliphatic carbocycles. The second kappa shape index (κ2) is 5.18. The number of nitrogens with two attached hydrogens (primary N) is 1. The van der Waals surface area contributed by atoms with Crippen molar-refractivity contribution in [3.05, 3.63) is 0 Å². The first kappa shape index (κ1) is 14.7. The molecular weight excluding hydrogens is 266 g/mol. The molecule has 0 aromatic carbocycles. The smallest absolute Gasteiger partial charge is 0.223 e. The lowest BCUT2D eigenvalue weighted by Gasteiger charge is -2.57. The Balaban J connectivity index is 1.67. The van der Waals surface area contributed by atoms with Crippen LogP contribution in [0.5, 0.6) is 0 Å². The van der Waals surface area contributed by atoms with E-state index in [0.29, 0.717) is 6.42 Å². The predicted octanol–water partition coefficient (Wildman–Crippen LogP) is 2.19. The van der Waals surface area contributed by atoms with Gasteiger partial charge in [-0.3, -0.25) is 4.79 Å². The van der Waals surface area contributed by atoms with Crippen LogP contribution < -0.4 is 5.73 Å². The summed E-state index contributed by atoms with van der Waals surface area (Å²) in [6.07, 6.45) is 8.51. The van der Waals surface area contributed by atoms with Crippen LogP contribution in [0.4, 0.5) is 0 Å². The fourth-order valence-electron chi connectivity index (χ4n) is 5.45. The van der Waals surface area contributed by atoms with Gasteiger partial charge in [0, 0.05) is 13.5 Å². The minimum absolute atomic E-state index is 0.0939. The molecule has 1 atom stereocenters. The van der Waals surface area contributed by atoms with E-state index in [1.165, 1.54) is 38.5 Å². The summed E-state index contributed by atoms with van der Waals surface area (Å²) in [5.41, 5.74) is 5.86. The Bertz CT molecular complexity index is 425.